The van der Waals surface area contributed by atoms with Gasteiger partial charge in [0.2, 0.25) is 0 Å². The lowest BCUT2D eigenvalue weighted by Crippen LogP contribution is -2.16. The van der Waals surface area contributed by atoms with Crippen LogP contribution in [-0.2, 0) is 10.0 Å². The van der Waals surface area contributed by atoms with Crippen LogP contribution in [0.5, 0.6) is 0 Å². The van der Waals surface area contributed by atoms with Crippen LogP contribution in [-0.4, -0.2) is 47.4 Å². The van der Waals surface area contributed by atoms with Crippen LogP contribution in [0, 0.1) is 0 Å². The Bertz CT molecular complexity index is 1250. The largest absolute Gasteiger partial charge is 0.378 e. The normalized spacial score (nSPS) is 11.8. The van der Waals surface area contributed by atoms with Gasteiger partial charge in [-0.05, 0) is 30.2 Å². The fourth-order valence-electron chi connectivity index (χ4n) is 3.30. The summed E-state index contributed by atoms with van der Waals surface area (Å²) < 4.78 is 25.6. The molecular weight excluding hydrogens is 386 g/mol. The van der Waals surface area contributed by atoms with Gasteiger partial charge in [-0.15, -0.1) is 0 Å². The molecule has 8 heteroatoms. The number of benzene rings is 1. The van der Waals surface area contributed by atoms with E-state index in [0.29, 0.717) is 6.42 Å². The Hall–Kier alpha value is -3.13. The number of rotatable bonds is 6. The van der Waals surface area contributed by atoms with Crippen LogP contribution in [0.3, 0.4) is 0 Å². The minimum atomic E-state index is -3.42. The molecule has 1 aromatic carbocycles. The first-order valence-electron chi connectivity index (χ1n) is 9.42. The number of hydrogen-bond acceptors (Lipinski definition) is 5. The Kier molecular flexibility index (Phi) is 4.87. The Labute approximate surface area is 170 Å². The van der Waals surface area contributed by atoms with Gasteiger partial charge in [0.25, 0.3) is 10.0 Å². The van der Waals surface area contributed by atoms with Crippen molar-refractivity contribution < 1.29 is 8.42 Å². The van der Waals surface area contributed by atoms with E-state index in [0.717, 1.165) is 43.1 Å². The fraction of sp³-hybridized carbons (Fsp3) is 0.238. The lowest BCUT2D eigenvalue weighted by atomic mass is 10.0. The molecule has 3 aromatic heterocycles. The number of nitrogens with zero attached hydrogens (tertiary/aromatic N) is 4. The first kappa shape index (κ1) is 19.2. The second-order valence-corrected chi connectivity index (χ2v) is 9.13. The molecule has 7 nitrogen and oxygen atoms in total. The fourth-order valence-corrected chi connectivity index (χ4v) is 4.47. The highest BCUT2D eigenvalue weighted by Gasteiger charge is 2.16. The number of fused-ring (bicyclic) bond motifs is 1. The molecule has 4 aromatic rings. The summed E-state index contributed by atoms with van der Waals surface area (Å²) in [4.78, 5) is 9.75. The first-order chi connectivity index (χ1) is 13.9. The van der Waals surface area contributed by atoms with E-state index in [1.165, 1.54) is 0 Å². The summed E-state index contributed by atoms with van der Waals surface area (Å²) in [6.45, 7) is 1.83. The zero-order valence-corrected chi connectivity index (χ0v) is 17.4. The lowest BCUT2D eigenvalue weighted by Gasteiger charge is -2.12. The van der Waals surface area contributed by atoms with Crippen LogP contribution in [0.25, 0.3) is 33.3 Å². The molecule has 0 unspecified atom stereocenters. The third-order valence-electron chi connectivity index (χ3n) is 4.87. The number of anilines is 1. The van der Waals surface area contributed by atoms with Crippen LogP contribution in [0.4, 0.5) is 5.69 Å². The molecule has 29 heavy (non-hydrogen) atoms. The van der Waals surface area contributed by atoms with Crippen molar-refractivity contribution in [3.8, 4) is 22.3 Å². The van der Waals surface area contributed by atoms with Gasteiger partial charge in [-0.2, -0.15) is 9.19 Å². The maximum absolute atomic E-state index is 12.3. The van der Waals surface area contributed by atoms with Crippen LogP contribution < -0.4 is 4.90 Å². The third-order valence-corrected chi connectivity index (χ3v) is 6.56. The number of H-pyrrole nitrogens is 1. The molecule has 0 aliphatic carbocycles. The van der Waals surface area contributed by atoms with E-state index >= 15 is 0 Å². The van der Waals surface area contributed by atoms with Crippen LogP contribution in [0.15, 0.2) is 55.1 Å². The van der Waals surface area contributed by atoms with E-state index in [2.05, 4.69) is 50.3 Å². The van der Waals surface area contributed by atoms with Gasteiger partial charge in [0.05, 0.1) is 18.1 Å². The lowest BCUT2D eigenvalue weighted by molar-refractivity contribution is 0.578. The molecule has 0 atom stereocenters. The molecule has 0 aliphatic heterocycles. The van der Waals surface area contributed by atoms with E-state index in [1.54, 1.807) is 12.4 Å². The van der Waals surface area contributed by atoms with Crippen molar-refractivity contribution in [1.82, 2.24) is 19.2 Å². The predicted molar refractivity (Wildman–Crippen MR) is 117 cm³/mol. The highest BCUT2D eigenvalue weighted by molar-refractivity contribution is 7.89. The number of aromatic nitrogens is 4. The molecule has 0 spiro atoms. The van der Waals surface area contributed by atoms with Gasteiger partial charge >= 0.3 is 0 Å². The Balaban J connectivity index is 1.74. The molecule has 4 rings (SSSR count). The Morgan fingerprint density at radius 1 is 1.07 bits per heavy atom. The van der Waals surface area contributed by atoms with Crippen molar-refractivity contribution >= 4 is 26.7 Å². The highest BCUT2D eigenvalue weighted by Crippen LogP contribution is 2.31. The number of pyridine rings is 1. The molecule has 1 N–H and O–H groups in total. The zero-order chi connectivity index (χ0) is 20.6. The van der Waals surface area contributed by atoms with Crippen molar-refractivity contribution in [2.24, 2.45) is 0 Å². The standard InChI is InChI=1S/C21H23N5O2S/c1-4-9-29(27,28)26-14-17(12-24-26)20-13-23-21-19(20)10-16(11-22-21)15-5-7-18(8-6-15)25(2)3/h5-8,10-14H,4,9H2,1-3H3,(H,22,23). The van der Waals surface area contributed by atoms with Gasteiger partial charge in [-0.25, -0.2) is 13.4 Å². The van der Waals surface area contributed by atoms with Crippen molar-refractivity contribution in [3.05, 3.63) is 55.1 Å². The maximum Gasteiger partial charge on any atom is 0.253 e. The molecule has 0 aliphatic rings. The minimum Gasteiger partial charge on any atom is -0.378 e. The van der Waals surface area contributed by atoms with E-state index in [9.17, 15) is 8.42 Å². The zero-order valence-electron chi connectivity index (χ0n) is 16.6. The number of aromatic amines is 1. The molecule has 0 bridgehead atoms. The van der Waals surface area contributed by atoms with Gasteiger partial charge < -0.3 is 9.88 Å². The maximum atomic E-state index is 12.3. The summed E-state index contributed by atoms with van der Waals surface area (Å²) in [6.07, 6.45) is 7.36. The van der Waals surface area contributed by atoms with Gasteiger partial charge in [0, 0.05) is 54.3 Å². The average Bonchev–Trinajstić information content (AvgIpc) is 3.35. The predicted octanol–water partition coefficient (Wildman–Crippen LogP) is 3.75. The summed E-state index contributed by atoms with van der Waals surface area (Å²) in [5.74, 6) is 0.0661. The molecular formula is C21H23N5O2S. The summed E-state index contributed by atoms with van der Waals surface area (Å²) >= 11 is 0. The summed E-state index contributed by atoms with van der Waals surface area (Å²) in [6, 6.07) is 10.3. The van der Waals surface area contributed by atoms with Crippen LogP contribution in [0.1, 0.15) is 13.3 Å². The first-order valence-corrected chi connectivity index (χ1v) is 11.0. The molecule has 0 radical (unpaired) electrons. The summed E-state index contributed by atoms with van der Waals surface area (Å²) in [5, 5.41) is 4.99. The SMILES string of the molecule is CCCS(=O)(=O)n1cc(-c2c[nH]c3ncc(-c4ccc(N(C)C)cc4)cc23)cn1. The topological polar surface area (TPSA) is 83.9 Å². The molecule has 3 heterocycles. The van der Waals surface area contributed by atoms with Crippen molar-refractivity contribution in [3.63, 3.8) is 0 Å². The molecule has 0 saturated carbocycles. The van der Waals surface area contributed by atoms with Gasteiger partial charge in [0.1, 0.15) is 5.65 Å². The second kappa shape index (κ2) is 7.36. The molecule has 0 saturated heterocycles. The van der Waals surface area contributed by atoms with Gasteiger partial charge in [-0.3, -0.25) is 0 Å². The highest BCUT2D eigenvalue weighted by atomic mass is 32.2. The second-order valence-electron chi connectivity index (χ2n) is 7.18. The molecule has 0 amide bonds. The van der Waals surface area contributed by atoms with E-state index in [1.807, 2.05) is 33.4 Å². The Morgan fingerprint density at radius 2 is 1.83 bits per heavy atom. The quantitative estimate of drug-likeness (QED) is 0.524. The van der Waals surface area contributed by atoms with Crippen molar-refractivity contribution in [2.75, 3.05) is 24.7 Å². The van der Waals surface area contributed by atoms with Crippen molar-refractivity contribution in [2.45, 2.75) is 13.3 Å². The molecule has 0 fully saturated rings. The minimum absolute atomic E-state index is 0.0661. The number of hydrogen-bond donors (Lipinski definition) is 1. The van der Waals surface area contributed by atoms with Crippen LogP contribution >= 0.6 is 0 Å². The number of nitrogens with one attached hydrogen (secondary N) is 1. The van der Waals surface area contributed by atoms with Crippen molar-refractivity contribution in [1.29, 1.82) is 0 Å². The molecule has 150 valence electrons. The average molecular weight is 410 g/mol. The van der Waals surface area contributed by atoms with Crippen LogP contribution in [0.2, 0.25) is 0 Å². The van der Waals surface area contributed by atoms with E-state index < -0.39 is 10.0 Å². The summed E-state index contributed by atoms with van der Waals surface area (Å²) in [5.41, 5.74) is 5.55. The summed E-state index contributed by atoms with van der Waals surface area (Å²) in [7, 11) is 0.599. The van der Waals surface area contributed by atoms with Gasteiger partial charge in [-0.1, -0.05) is 19.1 Å². The smallest absolute Gasteiger partial charge is 0.253 e. The van der Waals surface area contributed by atoms with E-state index in [-0.39, 0.29) is 5.75 Å². The van der Waals surface area contributed by atoms with Gasteiger partial charge in [0.15, 0.2) is 0 Å². The Morgan fingerprint density at radius 3 is 2.52 bits per heavy atom. The van der Waals surface area contributed by atoms with E-state index in [4.69, 9.17) is 0 Å². The third kappa shape index (κ3) is 3.63. The monoisotopic (exact) mass is 409 g/mol.